The molecule has 0 spiro atoms. The number of rotatable bonds is 3. The van der Waals surface area contributed by atoms with Crippen molar-refractivity contribution in [2.75, 3.05) is 13.2 Å². The summed E-state index contributed by atoms with van der Waals surface area (Å²) in [6.45, 7) is 0.190. The van der Waals surface area contributed by atoms with Gasteiger partial charge in [-0.1, -0.05) is 6.07 Å². The number of nitrogens with zero attached hydrogens (tertiary/aromatic N) is 2. The summed E-state index contributed by atoms with van der Waals surface area (Å²) in [6.07, 6.45) is 1.68. The molecule has 15 heavy (non-hydrogen) atoms. The number of imide groups is 1. The maximum atomic E-state index is 11.2. The van der Waals surface area contributed by atoms with Crippen molar-refractivity contribution in [3.05, 3.63) is 30.1 Å². The largest absolute Gasteiger partial charge is 0.439 e. The van der Waals surface area contributed by atoms with Crippen molar-refractivity contribution in [1.82, 2.24) is 9.88 Å². The van der Waals surface area contributed by atoms with Gasteiger partial charge < -0.3 is 4.74 Å². The third-order valence-electron chi connectivity index (χ3n) is 2.16. The summed E-state index contributed by atoms with van der Waals surface area (Å²) in [5.41, 5.74) is 0.852. The lowest BCUT2D eigenvalue weighted by atomic mass is 10.2. The minimum absolute atomic E-state index is 0.138. The molecule has 0 saturated carbocycles. The molecule has 5 heteroatoms. The van der Waals surface area contributed by atoms with E-state index in [-0.39, 0.29) is 12.5 Å². The molecular formula is C10H10N2O3. The van der Waals surface area contributed by atoms with Crippen LogP contribution in [0.25, 0.3) is 0 Å². The maximum absolute atomic E-state index is 11.2. The molecule has 0 aliphatic carbocycles. The van der Waals surface area contributed by atoms with E-state index in [0.29, 0.717) is 13.0 Å². The van der Waals surface area contributed by atoms with E-state index in [0.717, 1.165) is 10.6 Å². The molecule has 0 radical (unpaired) electrons. The van der Waals surface area contributed by atoms with Crippen molar-refractivity contribution < 1.29 is 14.3 Å². The SMILES string of the molecule is O=C1COC(=O)N1CCc1ccccn1. The van der Waals surface area contributed by atoms with Crippen molar-refractivity contribution >= 4 is 12.0 Å². The van der Waals surface area contributed by atoms with Gasteiger partial charge in [-0.2, -0.15) is 0 Å². The zero-order chi connectivity index (χ0) is 10.7. The monoisotopic (exact) mass is 206 g/mol. The van der Waals surface area contributed by atoms with Crippen molar-refractivity contribution in [3.63, 3.8) is 0 Å². The molecule has 5 nitrogen and oxygen atoms in total. The minimum Gasteiger partial charge on any atom is -0.439 e. The predicted octanol–water partition coefficient (Wildman–Crippen LogP) is 0.603. The van der Waals surface area contributed by atoms with E-state index in [1.165, 1.54) is 0 Å². The molecule has 1 aliphatic heterocycles. The van der Waals surface area contributed by atoms with Crippen LogP contribution in [0.3, 0.4) is 0 Å². The van der Waals surface area contributed by atoms with Crippen molar-refractivity contribution in [1.29, 1.82) is 0 Å². The molecule has 0 N–H and O–H groups in total. The van der Waals surface area contributed by atoms with Gasteiger partial charge in [-0.05, 0) is 12.1 Å². The van der Waals surface area contributed by atoms with E-state index in [1.54, 1.807) is 6.20 Å². The van der Waals surface area contributed by atoms with Gasteiger partial charge in [-0.3, -0.25) is 9.78 Å². The van der Waals surface area contributed by atoms with Gasteiger partial charge >= 0.3 is 6.09 Å². The Labute approximate surface area is 86.7 Å². The third-order valence-corrected chi connectivity index (χ3v) is 2.16. The zero-order valence-electron chi connectivity index (χ0n) is 8.05. The van der Waals surface area contributed by atoms with Gasteiger partial charge in [0.05, 0.1) is 0 Å². The molecular weight excluding hydrogens is 196 g/mol. The number of hydrogen-bond donors (Lipinski definition) is 0. The number of ether oxygens (including phenoxy) is 1. The van der Waals surface area contributed by atoms with Gasteiger partial charge in [-0.25, -0.2) is 9.69 Å². The molecule has 1 fully saturated rings. The number of amides is 2. The normalized spacial score (nSPS) is 15.6. The van der Waals surface area contributed by atoms with Gasteiger partial charge in [0, 0.05) is 24.9 Å². The number of aromatic nitrogens is 1. The highest BCUT2D eigenvalue weighted by molar-refractivity contribution is 5.97. The molecule has 2 heterocycles. The second-order valence-corrected chi connectivity index (χ2v) is 3.17. The van der Waals surface area contributed by atoms with Crippen LogP contribution in [-0.4, -0.2) is 35.0 Å². The lowest BCUT2D eigenvalue weighted by Gasteiger charge is -2.09. The fourth-order valence-corrected chi connectivity index (χ4v) is 1.37. The standard InChI is InChI=1S/C10H10N2O3/c13-9-7-15-10(14)12(9)6-4-8-3-1-2-5-11-8/h1-3,5H,4,6-7H2. The first-order valence-corrected chi connectivity index (χ1v) is 4.64. The second kappa shape index (κ2) is 4.08. The number of cyclic esters (lactones) is 1. The van der Waals surface area contributed by atoms with Crippen LogP contribution < -0.4 is 0 Å². The van der Waals surface area contributed by atoms with E-state index >= 15 is 0 Å². The topological polar surface area (TPSA) is 59.5 Å². The quantitative estimate of drug-likeness (QED) is 0.726. The average molecular weight is 206 g/mol. The number of pyridine rings is 1. The van der Waals surface area contributed by atoms with E-state index in [4.69, 9.17) is 0 Å². The summed E-state index contributed by atoms with van der Waals surface area (Å²) in [4.78, 5) is 27.4. The Morgan fingerprint density at radius 1 is 1.40 bits per heavy atom. The molecule has 2 amide bonds. The predicted molar refractivity (Wildman–Crippen MR) is 51.0 cm³/mol. The van der Waals surface area contributed by atoms with Crippen LogP contribution in [0.1, 0.15) is 5.69 Å². The first-order valence-electron chi connectivity index (χ1n) is 4.64. The Morgan fingerprint density at radius 2 is 2.27 bits per heavy atom. The third kappa shape index (κ3) is 2.12. The Kier molecular flexibility index (Phi) is 2.62. The molecule has 1 saturated heterocycles. The summed E-state index contributed by atoms with van der Waals surface area (Å²) < 4.78 is 4.58. The lowest BCUT2D eigenvalue weighted by Crippen LogP contribution is -2.31. The molecule has 1 aliphatic rings. The highest BCUT2D eigenvalue weighted by atomic mass is 16.6. The molecule has 0 atom stereocenters. The number of carbonyl (C=O) groups is 2. The van der Waals surface area contributed by atoms with Crippen molar-refractivity contribution in [3.8, 4) is 0 Å². The molecule has 78 valence electrons. The smallest absolute Gasteiger partial charge is 0.417 e. The van der Waals surface area contributed by atoms with Gasteiger partial charge in [-0.15, -0.1) is 0 Å². The first kappa shape index (κ1) is 9.64. The van der Waals surface area contributed by atoms with E-state index in [1.807, 2.05) is 18.2 Å². The second-order valence-electron chi connectivity index (χ2n) is 3.17. The van der Waals surface area contributed by atoms with Crippen LogP contribution in [0, 0.1) is 0 Å². The summed E-state index contributed by atoms with van der Waals surface area (Å²) in [7, 11) is 0. The van der Waals surface area contributed by atoms with E-state index in [2.05, 4.69) is 9.72 Å². The molecule has 1 aromatic rings. The van der Waals surface area contributed by atoms with Crippen LogP contribution in [0.15, 0.2) is 24.4 Å². The summed E-state index contributed by atoms with van der Waals surface area (Å²) in [5, 5.41) is 0. The van der Waals surface area contributed by atoms with Crippen LogP contribution in [0.5, 0.6) is 0 Å². The Morgan fingerprint density at radius 3 is 2.87 bits per heavy atom. The Bertz CT molecular complexity index is 362. The van der Waals surface area contributed by atoms with Gasteiger partial charge in [0.1, 0.15) is 0 Å². The lowest BCUT2D eigenvalue weighted by molar-refractivity contribution is -0.125. The van der Waals surface area contributed by atoms with Gasteiger partial charge in [0.25, 0.3) is 5.91 Å². The zero-order valence-corrected chi connectivity index (χ0v) is 8.05. The maximum Gasteiger partial charge on any atom is 0.417 e. The fraction of sp³-hybridized carbons (Fsp3) is 0.300. The average Bonchev–Trinajstić information content (AvgIpc) is 2.58. The molecule has 1 aromatic heterocycles. The number of hydrogen-bond acceptors (Lipinski definition) is 4. The van der Waals surface area contributed by atoms with E-state index in [9.17, 15) is 9.59 Å². The van der Waals surface area contributed by atoms with Gasteiger partial charge in [0.15, 0.2) is 6.61 Å². The first-order chi connectivity index (χ1) is 7.27. The van der Waals surface area contributed by atoms with Crippen LogP contribution >= 0.6 is 0 Å². The molecule has 0 unspecified atom stereocenters. The molecule has 0 bridgehead atoms. The van der Waals surface area contributed by atoms with Crippen LogP contribution in [-0.2, 0) is 16.0 Å². The van der Waals surface area contributed by atoms with Crippen molar-refractivity contribution in [2.45, 2.75) is 6.42 Å². The summed E-state index contributed by atoms with van der Waals surface area (Å²) in [5.74, 6) is -0.282. The van der Waals surface area contributed by atoms with Crippen LogP contribution in [0.2, 0.25) is 0 Å². The highest BCUT2D eigenvalue weighted by Crippen LogP contribution is 2.06. The minimum atomic E-state index is -0.559. The highest BCUT2D eigenvalue weighted by Gasteiger charge is 2.30. The van der Waals surface area contributed by atoms with Gasteiger partial charge in [0.2, 0.25) is 0 Å². The molecule has 0 aromatic carbocycles. The summed E-state index contributed by atoms with van der Waals surface area (Å²) in [6, 6.07) is 5.54. The van der Waals surface area contributed by atoms with E-state index < -0.39 is 6.09 Å². The Hall–Kier alpha value is -1.91. The number of carbonyl (C=O) groups excluding carboxylic acids is 2. The Balaban J connectivity index is 1.93. The fourth-order valence-electron chi connectivity index (χ4n) is 1.37. The van der Waals surface area contributed by atoms with Crippen LogP contribution in [0.4, 0.5) is 4.79 Å². The molecule has 2 rings (SSSR count). The van der Waals surface area contributed by atoms with Crippen molar-refractivity contribution in [2.24, 2.45) is 0 Å². The summed E-state index contributed by atoms with van der Waals surface area (Å²) >= 11 is 0.